The zero-order chi connectivity index (χ0) is 35.3. The van der Waals surface area contributed by atoms with E-state index in [4.69, 9.17) is 32.9 Å². The Morgan fingerprint density at radius 3 is 2.60 bits per heavy atom. The van der Waals surface area contributed by atoms with Crippen molar-refractivity contribution in [2.45, 2.75) is 61.1 Å². The number of ether oxygens (including phenoxy) is 1. The Kier molecular flexibility index (Phi) is 11.1. The molecular weight excluding hydrogens is 682 g/mol. The maximum absolute atomic E-state index is 16.5. The van der Waals surface area contributed by atoms with E-state index in [9.17, 15) is 14.7 Å². The minimum Gasteiger partial charge on any atom is -0.481 e. The summed E-state index contributed by atoms with van der Waals surface area (Å²) in [6.07, 6.45) is 9.90. The summed E-state index contributed by atoms with van der Waals surface area (Å²) in [5.74, 6) is -0.859. The van der Waals surface area contributed by atoms with Crippen LogP contribution in [0.3, 0.4) is 0 Å². The maximum atomic E-state index is 16.5. The first-order chi connectivity index (χ1) is 24.1. The minimum atomic E-state index is -1.71. The highest BCUT2D eigenvalue weighted by molar-refractivity contribution is 6.55. The zero-order valence-corrected chi connectivity index (χ0v) is 29.3. The second-order valence-electron chi connectivity index (χ2n) is 13.1. The van der Waals surface area contributed by atoms with Crippen LogP contribution in [0.15, 0.2) is 73.0 Å². The molecule has 2 unspecified atom stereocenters. The Labute approximate surface area is 301 Å². The van der Waals surface area contributed by atoms with Crippen LogP contribution in [0.5, 0.6) is 5.88 Å². The summed E-state index contributed by atoms with van der Waals surface area (Å²) in [5, 5.41) is 18.8. The summed E-state index contributed by atoms with van der Waals surface area (Å²) in [5.41, 5.74) is 1.47. The molecule has 50 heavy (non-hydrogen) atoms. The lowest BCUT2D eigenvalue weighted by molar-refractivity contribution is -0.138. The molecule has 0 spiro atoms. The number of hydrogen-bond acceptors (Lipinski definition) is 8. The van der Waals surface area contributed by atoms with Gasteiger partial charge in [0.2, 0.25) is 11.8 Å². The summed E-state index contributed by atoms with van der Waals surface area (Å²) in [7, 11) is 1.53. The molecular formula is C37H41Cl2FN6O4. The number of carboxylic acids is 1. The highest BCUT2D eigenvalue weighted by Crippen LogP contribution is 2.54. The number of carboxylic acid groups (broad SMARTS) is 1. The first kappa shape index (κ1) is 35.8. The Hall–Kier alpha value is -4.03. The number of hydrogen-bond donors (Lipinski definition) is 4. The van der Waals surface area contributed by atoms with Crippen molar-refractivity contribution in [3.8, 4) is 5.88 Å². The molecule has 1 aromatic carbocycles. The van der Waals surface area contributed by atoms with Crippen LogP contribution >= 0.6 is 23.2 Å². The van der Waals surface area contributed by atoms with Crippen LogP contribution in [0.25, 0.3) is 5.57 Å². The van der Waals surface area contributed by atoms with Crippen LogP contribution < -0.4 is 20.7 Å². The SMILES string of the molecule is COc1nc(C2(Nc3nccc(CN4CCC(CC(=O)O)CC4)c3F)C=CC=C(c3ccccc3)C2(Cl)Cl)ccc1CNCC1CCC(=O)N1. The Bertz CT molecular complexity index is 1770. The third-order valence-electron chi connectivity index (χ3n) is 9.70. The van der Waals surface area contributed by atoms with Crippen LogP contribution in [0.4, 0.5) is 10.2 Å². The molecule has 3 aromatic rings. The molecule has 2 saturated heterocycles. The molecule has 13 heteroatoms. The van der Waals surface area contributed by atoms with Gasteiger partial charge in [-0.2, -0.15) is 0 Å². The average molecular weight is 724 g/mol. The molecule has 264 valence electrons. The summed E-state index contributed by atoms with van der Waals surface area (Å²) < 4.78 is 20.5. The molecule has 2 fully saturated rings. The second-order valence-corrected chi connectivity index (χ2v) is 14.4. The molecule has 0 saturated carbocycles. The number of allylic oxidation sites excluding steroid dienone is 2. The van der Waals surface area contributed by atoms with Crippen LogP contribution in [0, 0.1) is 11.7 Å². The number of methoxy groups -OCH3 is 1. The number of benzene rings is 1. The first-order valence-corrected chi connectivity index (χ1v) is 17.6. The molecule has 2 aliphatic heterocycles. The van der Waals surface area contributed by atoms with E-state index in [0.717, 1.165) is 30.4 Å². The summed E-state index contributed by atoms with van der Waals surface area (Å²) in [4.78, 5) is 34.2. The van der Waals surface area contributed by atoms with Gasteiger partial charge in [0.15, 0.2) is 16.0 Å². The molecule has 2 aromatic heterocycles. The molecule has 3 aliphatic rings. The summed E-state index contributed by atoms with van der Waals surface area (Å²) in [6.45, 7) is 2.73. The monoisotopic (exact) mass is 722 g/mol. The molecule has 0 radical (unpaired) electrons. The average Bonchev–Trinajstić information content (AvgIpc) is 3.52. The quantitative estimate of drug-likeness (QED) is 0.162. The van der Waals surface area contributed by atoms with Gasteiger partial charge in [-0.3, -0.25) is 14.5 Å². The number of rotatable bonds is 13. The van der Waals surface area contributed by atoms with Gasteiger partial charge in [-0.1, -0.05) is 71.8 Å². The van der Waals surface area contributed by atoms with E-state index in [2.05, 4.69) is 25.8 Å². The number of amides is 1. The van der Waals surface area contributed by atoms with E-state index >= 15 is 4.39 Å². The standard InChI is InChI=1S/C37H41Cl2FN6O4/c1-50-35-26(21-41-22-28-10-12-31(47)43-28)9-11-30(44-35)36(16-5-8-29(37(36,38)39)25-6-3-2-4-7-25)45-34-33(40)27(13-17-42-34)23-46-18-14-24(15-19-46)20-32(48)49/h2-9,11,13,16-17,24,28,41H,10,12,14-15,18-23H2,1H3,(H,42,45)(H,43,47)(H,48,49). The number of pyridine rings is 2. The molecule has 6 rings (SSSR count). The van der Waals surface area contributed by atoms with Crippen molar-refractivity contribution in [1.29, 1.82) is 0 Å². The highest BCUT2D eigenvalue weighted by Gasteiger charge is 2.55. The van der Waals surface area contributed by atoms with Crippen LogP contribution in [-0.4, -0.2) is 69.0 Å². The van der Waals surface area contributed by atoms with E-state index in [1.54, 1.807) is 24.4 Å². The van der Waals surface area contributed by atoms with Crippen LogP contribution in [0.2, 0.25) is 0 Å². The first-order valence-electron chi connectivity index (χ1n) is 16.8. The second kappa shape index (κ2) is 15.5. The predicted octanol–water partition coefficient (Wildman–Crippen LogP) is 5.81. The number of likely N-dealkylation sites (tertiary alicyclic amines) is 1. The van der Waals surface area contributed by atoms with Crippen molar-refractivity contribution in [1.82, 2.24) is 25.5 Å². The fourth-order valence-electron chi connectivity index (χ4n) is 6.96. The van der Waals surface area contributed by atoms with Gasteiger partial charge in [0.25, 0.3) is 0 Å². The molecule has 10 nitrogen and oxygen atoms in total. The third-order valence-corrected chi connectivity index (χ3v) is 10.7. The fourth-order valence-corrected chi connectivity index (χ4v) is 7.72. The van der Waals surface area contributed by atoms with Gasteiger partial charge in [-0.25, -0.2) is 14.4 Å². The predicted molar refractivity (Wildman–Crippen MR) is 191 cm³/mol. The van der Waals surface area contributed by atoms with Crippen molar-refractivity contribution in [2.24, 2.45) is 5.92 Å². The van der Waals surface area contributed by atoms with Gasteiger partial charge in [0.05, 0.1) is 12.8 Å². The van der Waals surface area contributed by atoms with Crippen LogP contribution in [0.1, 0.15) is 54.5 Å². The third kappa shape index (κ3) is 7.66. The molecule has 2 atom stereocenters. The Morgan fingerprint density at radius 1 is 1.12 bits per heavy atom. The number of halogens is 3. The van der Waals surface area contributed by atoms with Crippen LogP contribution in [-0.2, 0) is 28.2 Å². The number of nitrogens with zero attached hydrogens (tertiary/aromatic N) is 3. The van der Waals surface area contributed by atoms with E-state index < -0.39 is 21.7 Å². The van der Waals surface area contributed by atoms with Gasteiger partial charge in [0, 0.05) is 55.8 Å². The van der Waals surface area contributed by atoms with Gasteiger partial charge in [-0.15, -0.1) is 0 Å². The summed E-state index contributed by atoms with van der Waals surface area (Å²) >= 11 is 14.9. The highest BCUT2D eigenvalue weighted by atomic mass is 35.5. The van der Waals surface area contributed by atoms with Crippen molar-refractivity contribution >= 4 is 46.5 Å². The van der Waals surface area contributed by atoms with Gasteiger partial charge in [0.1, 0.15) is 5.54 Å². The Balaban J connectivity index is 1.31. The molecule has 1 aliphatic carbocycles. The smallest absolute Gasteiger partial charge is 0.303 e. The van der Waals surface area contributed by atoms with Gasteiger partial charge < -0.3 is 25.8 Å². The maximum Gasteiger partial charge on any atom is 0.303 e. The molecule has 4 heterocycles. The topological polar surface area (TPSA) is 129 Å². The fraction of sp³-hybridized carbons (Fsp3) is 0.405. The lowest BCUT2D eigenvalue weighted by atomic mass is 9.79. The van der Waals surface area contributed by atoms with E-state index in [-0.39, 0.29) is 30.1 Å². The van der Waals surface area contributed by atoms with Crippen molar-refractivity contribution in [3.05, 3.63) is 101 Å². The number of aromatic nitrogens is 2. The molecule has 4 N–H and O–H groups in total. The van der Waals surface area contributed by atoms with E-state index in [0.29, 0.717) is 61.9 Å². The van der Waals surface area contributed by atoms with E-state index in [1.807, 2.05) is 48.6 Å². The Morgan fingerprint density at radius 2 is 1.90 bits per heavy atom. The number of carbonyl (C=O) groups excluding carboxylic acids is 1. The van der Waals surface area contributed by atoms with Crippen molar-refractivity contribution < 1.29 is 23.8 Å². The zero-order valence-electron chi connectivity index (χ0n) is 27.8. The number of carbonyl (C=O) groups is 2. The minimum absolute atomic E-state index is 0.0435. The molecule has 0 bridgehead atoms. The summed E-state index contributed by atoms with van der Waals surface area (Å²) in [6, 6.07) is 14.9. The van der Waals surface area contributed by atoms with Crippen molar-refractivity contribution in [2.75, 3.05) is 32.1 Å². The number of aliphatic carboxylic acids is 1. The number of piperidine rings is 1. The van der Waals surface area contributed by atoms with E-state index in [1.165, 1.54) is 7.11 Å². The van der Waals surface area contributed by atoms with Gasteiger partial charge >= 0.3 is 5.97 Å². The largest absolute Gasteiger partial charge is 0.481 e. The molecule has 1 amide bonds. The number of alkyl halides is 2. The lowest BCUT2D eigenvalue weighted by Gasteiger charge is -2.44. The van der Waals surface area contributed by atoms with Gasteiger partial charge in [-0.05, 0) is 67.6 Å². The lowest BCUT2D eigenvalue weighted by Crippen LogP contribution is -2.51. The number of anilines is 1. The number of nitrogens with one attached hydrogen (secondary N) is 3. The normalized spacial score (nSPS) is 22.2. The van der Waals surface area contributed by atoms with Crippen molar-refractivity contribution in [3.63, 3.8) is 0 Å².